The van der Waals surface area contributed by atoms with Crippen LogP contribution in [0.25, 0.3) is 33.2 Å². The van der Waals surface area contributed by atoms with Crippen molar-refractivity contribution in [1.29, 1.82) is 5.26 Å². The zero-order chi connectivity index (χ0) is 25.5. The molecular weight excluding hydrogens is 474 g/mol. The molecule has 0 spiro atoms. The number of ether oxygens (including phenoxy) is 1. The fourth-order valence-corrected chi connectivity index (χ4v) is 5.31. The summed E-state index contributed by atoms with van der Waals surface area (Å²) >= 11 is 0. The molecule has 2 N–H and O–H groups in total. The standard InChI is InChI=1S/C29H24F2N4O2/c30-21-8-19(9-22(31)11-21)25-13-34-26-5-4-17(23-3-1-2-18(12-32)29(23)36)10-24(26)28(25)35-14-20(15-35)27-16-37-7-6-33-27/h1-5,8-11,13,20,27,33,36H,6-7,14-16H2. The molecule has 2 fully saturated rings. The van der Waals surface area contributed by atoms with Crippen molar-refractivity contribution in [2.24, 2.45) is 5.92 Å². The van der Waals surface area contributed by atoms with E-state index in [1.807, 2.05) is 24.3 Å². The second-order valence-corrected chi connectivity index (χ2v) is 9.52. The van der Waals surface area contributed by atoms with Crippen LogP contribution in [-0.4, -0.2) is 49.0 Å². The molecule has 2 aliphatic rings. The minimum atomic E-state index is -0.655. The number of benzene rings is 3. The van der Waals surface area contributed by atoms with Crippen molar-refractivity contribution < 1.29 is 18.6 Å². The van der Waals surface area contributed by atoms with Crippen molar-refractivity contribution in [2.75, 3.05) is 37.7 Å². The number of nitriles is 1. The summed E-state index contributed by atoms with van der Waals surface area (Å²) < 4.78 is 34.1. The summed E-state index contributed by atoms with van der Waals surface area (Å²) in [5.74, 6) is -1.02. The number of morpholine rings is 1. The van der Waals surface area contributed by atoms with Gasteiger partial charge < -0.3 is 20.1 Å². The molecule has 0 aliphatic carbocycles. The van der Waals surface area contributed by atoms with Gasteiger partial charge in [-0.15, -0.1) is 0 Å². The topological polar surface area (TPSA) is 81.4 Å². The number of halogens is 2. The van der Waals surface area contributed by atoms with Crippen LogP contribution >= 0.6 is 0 Å². The van der Waals surface area contributed by atoms with Gasteiger partial charge in [0.05, 0.1) is 30.0 Å². The van der Waals surface area contributed by atoms with Gasteiger partial charge in [0, 0.05) is 60.4 Å². The van der Waals surface area contributed by atoms with Gasteiger partial charge in [-0.3, -0.25) is 4.98 Å². The Morgan fingerprint density at radius 1 is 1.03 bits per heavy atom. The maximum absolute atomic E-state index is 14.2. The van der Waals surface area contributed by atoms with Gasteiger partial charge in [-0.1, -0.05) is 18.2 Å². The van der Waals surface area contributed by atoms with E-state index in [-0.39, 0.29) is 17.4 Å². The molecule has 37 heavy (non-hydrogen) atoms. The van der Waals surface area contributed by atoms with Gasteiger partial charge in [0.1, 0.15) is 23.5 Å². The lowest BCUT2D eigenvalue weighted by atomic mass is 9.88. The number of aromatic nitrogens is 1. The molecule has 6 rings (SSSR count). The van der Waals surface area contributed by atoms with Gasteiger partial charge in [0.25, 0.3) is 0 Å². The Kier molecular flexibility index (Phi) is 5.95. The minimum Gasteiger partial charge on any atom is -0.506 e. The first kappa shape index (κ1) is 23.3. The zero-order valence-corrected chi connectivity index (χ0v) is 19.9. The molecule has 1 unspecified atom stereocenters. The third kappa shape index (κ3) is 4.26. The summed E-state index contributed by atoms with van der Waals surface area (Å²) in [6, 6.07) is 16.4. The molecule has 3 aromatic carbocycles. The van der Waals surface area contributed by atoms with Gasteiger partial charge in [-0.25, -0.2) is 8.78 Å². The number of aromatic hydroxyl groups is 1. The Balaban J connectivity index is 1.49. The fourth-order valence-electron chi connectivity index (χ4n) is 5.31. The number of rotatable bonds is 4. The SMILES string of the molecule is N#Cc1cccc(-c2ccc3ncc(-c4cc(F)cc(F)c4)c(N4CC(C5COCCN5)C4)c3c2)c1O. The lowest BCUT2D eigenvalue weighted by Crippen LogP contribution is -2.59. The quantitative estimate of drug-likeness (QED) is 0.419. The van der Waals surface area contributed by atoms with Gasteiger partial charge >= 0.3 is 0 Å². The highest BCUT2D eigenvalue weighted by atomic mass is 19.1. The highest BCUT2D eigenvalue weighted by molar-refractivity contribution is 6.02. The van der Waals surface area contributed by atoms with Crippen molar-refractivity contribution in [3.05, 3.63) is 78.0 Å². The van der Waals surface area contributed by atoms with Crippen molar-refractivity contribution in [3.63, 3.8) is 0 Å². The maximum atomic E-state index is 14.2. The van der Waals surface area contributed by atoms with E-state index in [1.54, 1.807) is 24.4 Å². The molecule has 8 heteroatoms. The molecule has 0 radical (unpaired) electrons. The summed E-state index contributed by atoms with van der Waals surface area (Å²) in [6.07, 6.45) is 1.66. The molecule has 6 nitrogen and oxygen atoms in total. The first-order valence-electron chi connectivity index (χ1n) is 12.2. The highest BCUT2D eigenvalue weighted by Crippen LogP contribution is 2.43. The van der Waals surface area contributed by atoms with E-state index < -0.39 is 11.6 Å². The van der Waals surface area contributed by atoms with Crippen LogP contribution in [0, 0.1) is 28.9 Å². The lowest BCUT2D eigenvalue weighted by Gasteiger charge is -2.47. The van der Waals surface area contributed by atoms with Crippen molar-refractivity contribution in [2.45, 2.75) is 6.04 Å². The summed E-state index contributed by atoms with van der Waals surface area (Å²) in [6.45, 7) is 3.70. The molecule has 2 saturated heterocycles. The normalized spacial score (nSPS) is 18.0. The molecule has 2 aliphatic heterocycles. The average molecular weight is 499 g/mol. The smallest absolute Gasteiger partial charge is 0.141 e. The predicted molar refractivity (Wildman–Crippen MR) is 137 cm³/mol. The average Bonchev–Trinajstić information content (AvgIpc) is 2.88. The summed E-state index contributed by atoms with van der Waals surface area (Å²) in [7, 11) is 0. The predicted octanol–water partition coefficient (Wildman–Crippen LogP) is 4.85. The number of nitrogens with one attached hydrogen (secondary N) is 1. The van der Waals surface area contributed by atoms with Crippen LogP contribution in [0.15, 0.2) is 60.8 Å². The molecule has 1 aromatic heterocycles. The van der Waals surface area contributed by atoms with E-state index in [2.05, 4.69) is 15.2 Å². The second kappa shape index (κ2) is 9.43. The van der Waals surface area contributed by atoms with Gasteiger partial charge in [0.2, 0.25) is 0 Å². The second-order valence-electron chi connectivity index (χ2n) is 9.52. The van der Waals surface area contributed by atoms with Gasteiger partial charge in [-0.05, 0) is 41.5 Å². The minimum absolute atomic E-state index is 0.0883. The first-order chi connectivity index (χ1) is 18.0. The third-order valence-electron chi connectivity index (χ3n) is 7.23. The van der Waals surface area contributed by atoms with E-state index in [1.165, 1.54) is 12.1 Å². The van der Waals surface area contributed by atoms with Gasteiger partial charge in [0.15, 0.2) is 0 Å². The summed E-state index contributed by atoms with van der Waals surface area (Å²) in [5, 5.41) is 24.3. The van der Waals surface area contributed by atoms with E-state index in [9.17, 15) is 19.1 Å². The fraction of sp³-hybridized carbons (Fsp3) is 0.241. The number of hydrogen-bond acceptors (Lipinski definition) is 6. The van der Waals surface area contributed by atoms with Crippen LogP contribution in [0.3, 0.4) is 0 Å². The molecule has 1 atom stereocenters. The highest BCUT2D eigenvalue weighted by Gasteiger charge is 2.36. The Hall–Kier alpha value is -4.06. The van der Waals surface area contributed by atoms with Crippen LogP contribution in [0.1, 0.15) is 5.56 Å². The largest absolute Gasteiger partial charge is 0.506 e. The van der Waals surface area contributed by atoms with E-state index in [0.29, 0.717) is 41.4 Å². The Morgan fingerprint density at radius 2 is 1.84 bits per heavy atom. The number of fused-ring (bicyclic) bond motifs is 1. The van der Waals surface area contributed by atoms with E-state index >= 15 is 0 Å². The number of phenolic OH excluding ortho intramolecular Hbond substituents is 1. The van der Waals surface area contributed by atoms with Crippen LogP contribution in [0.4, 0.5) is 14.5 Å². The Bertz CT molecular complexity index is 1520. The van der Waals surface area contributed by atoms with Crippen LogP contribution in [0.2, 0.25) is 0 Å². The maximum Gasteiger partial charge on any atom is 0.141 e. The molecule has 186 valence electrons. The molecule has 4 aromatic rings. The number of hydrogen-bond donors (Lipinski definition) is 2. The van der Waals surface area contributed by atoms with Crippen molar-refractivity contribution in [3.8, 4) is 34.1 Å². The molecule has 0 saturated carbocycles. The lowest BCUT2D eigenvalue weighted by molar-refractivity contribution is 0.0509. The Morgan fingerprint density at radius 3 is 2.57 bits per heavy atom. The van der Waals surface area contributed by atoms with Crippen molar-refractivity contribution >= 4 is 16.6 Å². The summed E-state index contributed by atoms with van der Waals surface area (Å²) in [5.41, 5.74) is 4.02. The van der Waals surface area contributed by atoms with Crippen LogP contribution in [0.5, 0.6) is 5.75 Å². The molecule has 0 bridgehead atoms. The molecule has 3 heterocycles. The van der Waals surface area contributed by atoms with E-state index in [0.717, 1.165) is 42.3 Å². The molecule has 0 amide bonds. The van der Waals surface area contributed by atoms with Crippen molar-refractivity contribution in [1.82, 2.24) is 10.3 Å². The molecular formula is C29H24F2N4O2. The number of pyridine rings is 1. The van der Waals surface area contributed by atoms with Crippen LogP contribution < -0.4 is 10.2 Å². The Labute approximate surface area is 212 Å². The zero-order valence-electron chi connectivity index (χ0n) is 19.9. The summed E-state index contributed by atoms with van der Waals surface area (Å²) in [4.78, 5) is 6.81. The van der Waals surface area contributed by atoms with Crippen LogP contribution in [-0.2, 0) is 4.74 Å². The van der Waals surface area contributed by atoms with Gasteiger partial charge in [-0.2, -0.15) is 5.26 Å². The first-order valence-corrected chi connectivity index (χ1v) is 12.2. The number of para-hydroxylation sites is 1. The number of phenols is 1. The third-order valence-corrected chi connectivity index (χ3v) is 7.23. The van der Waals surface area contributed by atoms with E-state index in [4.69, 9.17) is 4.74 Å². The monoisotopic (exact) mass is 498 g/mol. The number of anilines is 1. The number of nitrogens with zero attached hydrogens (tertiary/aromatic N) is 3.